The second-order valence-electron chi connectivity index (χ2n) is 6.41. The predicted octanol–water partition coefficient (Wildman–Crippen LogP) is 0.288. The molecule has 0 bridgehead atoms. The summed E-state index contributed by atoms with van der Waals surface area (Å²) in [4.78, 5) is 38.7. The Bertz CT molecular complexity index is 1100. The lowest BCUT2D eigenvalue weighted by atomic mass is 10.2. The third kappa shape index (κ3) is 4.46. The van der Waals surface area contributed by atoms with Crippen molar-refractivity contribution in [3.05, 3.63) is 45.8 Å². The molecular weight excluding hydrogens is 396 g/mol. The van der Waals surface area contributed by atoms with E-state index in [2.05, 4.69) is 20.6 Å². The maximum absolute atomic E-state index is 12.4. The van der Waals surface area contributed by atoms with Crippen molar-refractivity contribution >= 4 is 39.1 Å². The van der Waals surface area contributed by atoms with E-state index >= 15 is 0 Å². The van der Waals surface area contributed by atoms with Gasteiger partial charge in [0.2, 0.25) is 16.9 Å². The molecule has 10 nitrogen and oxygen atoms in total. The van der Waals surface area contributed by atoms with Gasteiger partial charge in [-0.25, -0.2) is 4.68 Å². The number of amides is 2. The molecule has 0 aliphatic carbocycles. The molecule has 1 aliphatic rings. The van der Waals surface area contributed by atoms with Gasteiger partial charge in [-0.15, -0.1) is 10.2 Å². The SMILES string of the molecule is O=C(Cn1ncc2ccccc2c1=O)Nc1nnc(CC(=O)N2CCOCC2)s1. The highest BCUT2D eigenvalue weighted by molar-refractivity contribution is 7.15. The third-order valence-corrected chi connectivity index (χ3v) is 5.27. The van der Waals surface area contributed by atoms with Gasteiger partial charge in [-0.3, -0.25) is 19.7 Å². The summed E-state index contributed by atoms with van der Waals surface area (Å²) in [5.74, 6) is -0.494. The maximum Gasteiger partial charge on any atom is 0.275 e. The van der Waals surface area contributed by atoms with Crippen molar-refractivity contribution in [1.82, 2.24) is 24.9 Å². The van der Waals surface area contributed by atoms with E-state index in [1.165, 1.54) is 0 Å². The van der Waals surface area contributed by atoms with Crippen LogP contribution in [0.2, 0.25) is 0 Å². The second-order valence-corrected chi connectivity index (χ2v) is 7.48. The number of rotatable bonds is 5. The predicted molar refractivity (Wildman–Crippen MR) is 106 cm³/mol. The van der Waals surface area contributed by atoms with E-state index in [4.69, 9.17) is 4.74 Å². The highest BCUT2D eigenvalue weighted by Crippen LogP contribution is 2.17. The first-order valence-electron chi connectivity index (χ1n) is 9.03. The summed E-state index contributed by atoms with van der Waals surface area (Å²) in [5, 5.41) is 16.5. The largest absolute Gasteiger partial charge is 0.378 e. The van der Waals surface area contributed by atoms with Crippen LogP contribution in [0.1, 0.15) is 5.01 Å². The van der Waals surface area contributed by atoms with Gasteiger partial charge < -0.3 is 9.64 Å². The molecule has 1 saturated heterocycles. The smallest absolute Gasteiger partial charge is 0.275 e. The average molecular weight is 414 g/mol. The van der Waals surface area contributed by atoms with Crippen LogP contribution in [0.5, 0.6) is 0 Å². The Hall–Kier alpha value is -3.18. The monoisotopic (exact) mass is 414 g/mol. The molecule has 1 N–H and O–H groups in total. The van der Waals surface area contributed by atoms with Gasteiger partial charge in [-0.1, -0.05) is 29.5 Å². The standard InChI is InChI=1S/C18H18N6O4S/c25-14(11-24-17(27)13-4-2-1-3-12(13)10-19-24)20-18-22-21-15(29-18)9-16(26)23-5-7-28-8-6-23/h1-4,10H,5-9,11H2,(H,20,22,25). The molecule has 3 heterocycles. The number of carbonyl (C=O) groups excluding carboxylic acids is 2. The zero-order valence-corrected chi connectivity index (χ0v) is 16.2. The number of hydrogen-bond donors (Lipinski definition) is 1. The number of fused-ring (bicyclic) bond motifs is 1. The number of carbonyl (C=O) groups is 2. The molecule has 11 heteroatoms. The van der Waals surface area contributed by atoms with Crippen LogP contribution in [0.25, 0.3) is 10.8 Å². The zero-order valence-electron chi connectivity index (χ0n) is 15.4. The molecule has 1 aliphatic heterocycles. The van der Waals surface area contributed by atoms with Crippen molar-refractivity contribution in [2.75, 3.05) is 31.6 Å². The highest BCUT2D eigenvalue weighted by Gasteiger charge is 2.19. The van der Waals surface area contributed by atoms with Crippen molar-refractivity contribution < 1.29 is 14.3 Å². The molecule has 2 amide bonds. The molecule has 0 saturated carbocycles. The van der Waals surface area contributed by atoms with Crippen molar-refractivity contribution in [3.63, 3.8) is 0 Å². The number of ether oxygens (including phenoxy) is 1. The Balaban J connectivity index is 1.37. The van der Waals surface area contributed by atoms with E-state index in [0.717, 1.165) is 16.0 Å². The van der Waals surface area contributed by atoms with Gasteiger partial charge in [-0.05, 0) is 6.07 Å². The Labute approximate surface area is 169 Å². The van der Waals surface area contributed by atoms with Gasteiger partial charge in [0.1, 0.15) is 11.6 Å². The van der Waals surface area contributed by atoms with E-state index in [1.54, 1.807) is 29.3 Å². The van der Waals surface area contributed by atoms with Gasteiger partial charge in [0.15, 0.2) is 0 Å². The van der Waals surface area contributed by atoms with E-state index < -0.39 is 5.91 Å². The summed E-state index contributed by atoms with van der Waals surface area (Å²) in [7, 11) is 0. The van der Waals surface area contributed by atoms with Gasteiger partial charge in [0, 0.05) is 18.5 Å². The summed E-state index contributed by atoms with van der Waals surface area (Å²) >= 11 is 1.13. The first-order valence-corrected chi connectivity index (χ1v) is 9.84. The number of hydrogen-bond acceptors (Lipinski definition) is 8. The van der Waals surface area contributed by atoms with Crippen LogP contribution in [-0.4, -0.2) is 63.0 Å². The van der Waals surface area contributed by atoms with Crippen LogP contribution >= 0.6 is 11.3 Å². The van der Waals surface area contributed by atoms with Gasteiger partial charge in [0.25, 0.3) is 5.56 Å². The molecular formula is C18H18N6O4S. The number of aromatic nitrogens is 4. The molecule has 2 aromatic heterocycles. The lowest BCUT2D eigenvalue weighted by Crippen LogP contribution is -2.41. The average Bonchev–Trinajstić information content (AvgIpc) is 3.17. The van der Waals surface area contributed by atoms with Gasteiger partial charge in [-0.2, -0.15) is 5.10 Å². The number of anilines is 1. The minimum atomic E-state index is -0.447. The molecule has 29 heavy (non-hydrogen) atoms. The van der Waals surface area contributed by atoms with E-state index in [9.17, 15) is 14.4 Å². The van der Waals surface area contributed by atoms with Crippen molar-refractivity contribution in [2.45, 2.75) is 13.0 Å². The fourth-order valence-corrected chi connectivity index (χ4v) is 3.71. The van der Waals surface area contributed by atoms with Crippen LogP contribution in [-0.2, 0) is 27.3 Å². The Morgan fingerprint density at radius 2 is 1.97 bits per heavy atom. The normalized spacial score (nSPS) is 14.1. The van der Waals surface area contributed by atoms with Crippen molar-refractivity contribution in [3.8, 4) is 0 Å². The summed E-state index contributed by atoms with van der Waals surface area (Å²) in [6, 6.07) is 7.05. The summed E-state index contributed by atoms with van der Waals surface area (Å²) in [6.07, 6.45) is 1.67. The zero-order chi connectivity index (χ0) is 20.2. The van der Waals surface area contributed by atoms with E-state index in [1.807, 2.05) is 6.07 Å². The topological polar surface area (TPSA) is 119 Å². The third-order valence-electron chi connectivity index (χ3n) is 4.43. The minimum Gasteiger partial charge on any atom is -0.378 e. The number of benzene rings is 1. The summed E-state index contributed by atoms with van der Waals surface area (Å²) < 4.78 is 6.33. The molecule has 0 unspecified atom stereocenters. The van der Waals surface area contributed by atoms with Crippen LogP contribution in [0.3, 0.4) is 0 Å². The maximum atomic E-state index is 12.4. The van der Waals surface area contributed by atoms with Crippen LogP contribution in [0.4, 0.5) is 5.13 Å². The Morgan fingerprint density at radius 3 is 2.79 bits per heavy atom. The van der Waals surface area contributed by atoms with Crippen molar-refractivity contribution in [1.29, 1.82) is 0 Å². The fraction of sp³-hybridized carbons (Fsp3) is 0.333. The highest BCUT2D eigenvalue weighted by atomic mass is 32.1. The lowest BCUT2D eigenvalue weighted by molar-refractivity contribution is -0.134. The summed E-state index contributed by atoms with van der Waals surface area (Å²) in [5.41, 5.74) is -0.340. The molecule has 4 rings (SSSR count). The molecule has 0 atom stereocenters. The first-order chi connectivity index (χ1) is 14.1. The van der Waals surface area contributed by atoms with Crippen LogP contribution in [0, 0.1) is 0 Å². The lowest BCUT2D eigenvalue weighted by Gasteiger charge is -2.26. The van der Waals surface area contributed by atoms with E-state index in [-0.39, 0.29) is 29.6 Å². The first kappa shape index (κ1) is 19.2. The summed E-state index contributed by atoms with van der Waals surface area (Å²) in [6.45, 7) is 1.95. The minimum absolute atomic E-state index is 0.0470. The molecule has 150 valence electrons. The molecule has 3 aromatic rings. The molecule has 0 radical (unpaired) electrons. The van der Waals surface area contributed by atoms with Gasteiger partial charge in [0.05, 0.1) is 31.2 Å². The number of morpholine rings is 1. The molecule has 0 spiro atoms. The molecule has 1 aromatic carbocycles. The second kappa shape index (κ2) is 8.45. The van der Waals surface area contributed by atoms with Gasteiger partial charge >= 0.3 is 0 Å². The Morgan fingerprint density at radius 1 is 1.17 bits per heavy atom. The Kier molecular flexibility index (Phi) is 5.58. The number of nitrogens with zero attached hydrogens (tertiary/aromatic N) is 5. The fourth-order valence-electron chi connectivity index (χ4n) is 2.96. The quantitative estimate of drug-likeness (QED) is 0.637. The van der Waals surface area contributed by atoms with E-state index in [0.29, 0.717) is 42.1 Å². The van der Waals surface area contributed by atoms with Crippen LogP contribution in [0.15, 0.2) is 35.3 Å². The number of nitrogens with one attached hydrogen (secondary N) is 1. The van der Waals surface area contributed by atoms with Crippen molar-refractivity contribution in [2.24, 2.45) is 0 Å². The van der Waals surface area contributed by atoms with Crippen LogP contribution < -0.4 is 10.9 Å². The molecule has 1 fully saturated rings.